The molecule has 1 saturated heterocycles. The first kappa shape index (κ1) is 14.3. The summed E-state index contributed by atoms with van der Waals surface area (Å²) in [7, 11) is -3.52. The van der Waals surface area contributed by atoms with Gasteiger partial charge in [0.05, 0.1) is 5.02 Å². The summed E-state index contributed by atoms with van der Waals surface area (Å²) < 4.78 is 26.9. The van der Waals surface area contributed by atoms with Crippen LogP contribution in [0.15, 0.2) is 27.6 Å². The lowest BCUT2D eigenvalue weighted by Gasteiger charge is -2.17. The Morgan fingerprint density at radius 3 is 2.83 bits per heavy atom. The molecule has 1 unspecified atom stereocenters. The van der Waals surface area contributed by atoms with Gasteiger partial charge in [0.25, 0.3) is 0 Å². The van der Waals surface area contributed by atoms with Crippen LogP contribution in [0.2, 0.25) is 5.02 Å². The van der Waals surface area contributed by atoms with Crippen molar-refractivity contribution in [2.75, 3.05) is 19.6 Å². The second-order valence-corrected chi connectivity index (χ2v) is 7.44. The standard InChI is InChI=1S/C11H14BrClN2O2S/c12-9-2-1-3-10(11(9)13)18(16,17)15-5-4-8(6-14)7-15/h1-3,8H,4-7,14H2. The van der Waals surface area contributed by atoms with Crippen molar-refractivity contribution < 1.29 is 8.42 Å². The minimum atomic E-state index is -3.52. The van der Waals surface area contributed by atoms with Crippen LogP contribution in [0.4, 0.5) is 0 Å². The highest BCUT2D eigenvalue weighted by Crippen LogP contribution is 2.32. The van der Waals surface area contributed by atoms with Crippen molar-refractivity contribution in [1.29, 1.82) is 0 Å². The summed E-state index contributed by atoms with van der Waals surface area (Å²) in [5.74, 6) is 0.241. The van der Waals surface area contributed by atoms with Crippen molar-refractivity contribution in [3.8, 4) is 0 Å². The van der Waals surface area contributed by atoms with Gasteiger partial charge in [-0.1, -0.05) is 17.7 Å². The van der Waals surface area contributed by atoms with Crippen LogP contribution >= 0.6 is 27.5 Å². The van der Waals surface area contributed by atoms with Crippen LogP contribution in [-0.4, -0.2) is 32.4 Å². The van der Waals surface area contributed by atoms with Crippen molar-refractivity contribution >= 4 is 37.6 Å². The molecular weight excluding hydrogens is 340 g/mol. The van der Waals surface area contributed by atoms with Crippen LogP contribution in [0.25, 0.3) is 0 Å². The fourth-order valence-electron chi connectivity index (χ4n) is 2.03. The molecule has 4 nitrogen and oxygen atoms in total. The number of benzene rings is 1. The van der Waals surface area contributed by atoms with Crippen molar-refractivity contribution in [2.45, 2.75) is 11.3 Å². The number of nitrogens with zero attached hydrogens (tertiary/aromatic N) is 1. The van der Waals surface area contributed by atoms with Crippen LogP contribution in [0.1, 0.15) is 6.42 Å². The predicted molar refractivity (Wildman–Crippen MR) is 75.1 cm³/mol. The smallest absolute Gasteiger partial charge is 0.244 e. The molecule has 0 spiro atoms. The summed E-state index contributed by atoms with van der Waals surface area (Å²) in [6, 6.07) is 4.91. The van der Waals surface area contributed by atoms with Gasteiger partial charge in [-0.3, -0.25) is 0 Å². The van der Waals surface area contributed by atoms with Crippen LogP contribution < -0.4 is 5.73 Å². The molecule has 1 fully saturated rings. The van der Waals surface area contributed by atoms with Gasteiger partial charge in [0.15, 0.2) is 0 Å². The molecule has 2 N–H and O–H groups in total. The first-order valence-corrected chi connectivity index (χ1v) is 8.22. The average Bonchev–Trinajstić information content (AvgIpc) is 2.81. The molecular formula is C11H14BrClN2O2S. The van der Waals surface area contributed by atoms with E-state index in [9.17, 15) is 8.42 Å². The number of rotatable bonds is 3. The molecule has 18 heavy (non-hydrogen) atoms. The van der Waals surface area contributed by atoms with Crippen molar-refractivity contribution in [1.82, 2.24) is 4.31 Å². The molecule has 0 bridgehead atoms. The molecule has 7 heteroatoms. The second kappa shape index (κ2) is 5.46. The van der Waals surface area contributed by atoms with Crippen molar-refractivity contribution in [3.63, 3.8) is 0 Å². The van der Waals surface area contributed by atoms with Gasteiger partial charge in [-0.15, -0.1) is 0 Å². The normalized spacial score (nSPS) is 21.4. The molecule has 0 amide bonds. The highest BCUT2D eigenvalue weighted by molar-refractivity contribution is 9.10. The summed E-state index contributed by atoms with van der Waals surface area (Å²) in [5.41, 5.74) is 5.58. The van der Waals surface area contributed by atoms with Gasteiger partial charge < -0.3 is 5.73 Å². The van der Waals surface area contributed by atoms with Gasteiger partial charge in [0, 0.05) is 17.6 Å². The SMILES string of the molecule is NCC1CCN(S(=O)(=O)c2cccc(Br)c2Cl)C1. The third-order valence-corrected chi connectivity index (χ3v) is 6.43. The zero-order valence-corrected chi connectivity index (χ0v) is 12.8. The molecule has 0 aliphatic carbocycles. The molecule has 0 aromatic heterocycles. The third kappa shape index (κ3) is 2.58. The predicted octanol–water partition coefficient (Wildman–Crippen LogP) is 2.07. The quantitative estimate of drug-likeness (QED) is 0.905. The third-order valence-electron chi connectivity index (χ3n) is 3.12. The largest absolute Gasteiger partial charge is 0.330 e. The van der Waals surface area contributed by atoms with E-state index in [-0.39, 0.29) is 15.8 Å². The Balaban J connectivity index is 2.35. The monoisotopic (exact) mass is 352 g/mol. The second-order valence-electron chi connectivity index (χ2n) is 4.31. The van der Waals surface area contributed by atoms with E-state index >= 15 is 0 Å². The minimum Gasteiger partial charge on any atom is -0.330 e. The molecule has 1 heterocycles. The molecule has 1 aromatic carbocycles. The van der Waals surface area contributed by atoms with Crippen LogP contribution in [0, 0.1) is 5.92 Å². The zero-order chi connectivity index (χ0) is 13.3. The Labute approximate surface area is 120 Å². The highest BCUT2D eigenvalue weighted by atomic mass is 79.9. The van der Waals surface area contributed by atoms with Crippen molar-refractivity contribution in [2.24, 2.45) is 11.7 Å². The molecule has 1 aliphatic heterocycles. The van der Waals surface area contributed by atoms with Crippen LogP contribution in [-0.2, 0) is 10.0 Å². The number of nitrogens with two attached hydrogens (primary N) is 1. The lowest BCUT2D eigenvalue weighted by molar-refractivity contribution is 0.459. The Bertz CT molecular complexity index is 550. The van der Waals surface area contributed by atoms with E-state index in [1.54, 1.807) is 12.1 Å². The number of hydrogen-bond donors (Lipinski definition) is 1. The summed E-state index contributed by atoms with van der Waals surface area (Å²) in [6.45, 7) is 1.49. The maximum Gasteiger partial charge on any atom is 0.244 e. The fraction of sp³-hybridized carbons (Fsp3) is 0.455. The maximum absolute atomic E-state index is 12.4. The highest BCUT2D eigenvalue weighted by Gasteiger charge is 2.33. The molecule has 0 radical (unpaired) electrons. The van der Waals surface area contributed by atoms with Gasteiger partial charge in [-0.25, -0.2) is 8.42 Å². The number of hydrogen-bond acceptors (Lipinski definition) is 3. The molecule has 1 aromatic rings. The van der Waals surface area contributed by atoms with E-state index in [1.165, 1.54) is 10.4 Å². The lowest BCUT2D eigenvalue weighted by atomic mass is 10.1. The fourth-order valence-corrected chi connectivity index (χ4v) is 4.56. The van der Waals surface area contributed by atoms with E-state index in [2.05, 4.69) is 15.9 Å². The van der Waals surface area contributed by atoms with Gasteiger partial charge in [0.1, 0.15) is 4.90 Å². The Morgan fingerprint density at radius 1 is 1.50 bits per heavy atom. The van der Waals surface area contributed by atoms with Gasteiger partial charge in [-0.2, -0.15) is 4.31 Å². The molecule has 1 atom stereocenters. The average molecular weight is 354 g/mol. The first-order valence-electron chi connectivity index (χ1n) is 5.61. The molecule has 0 saturated carbocycles. The summed E-state index contributed by atoms with van der Waals surface area (Å²) in [6.07, 6.45) is 0.807. The van der Waals surface area contributed by atoms with Crippen LogP contribution in [0.3, 0.4) is 0 Å². The van der Waals surface area contributed by atoms with E-state index in [0.717, 1.165) is 6.42 Å². The van der Waals surface area contributed by atoms with E-state index in [1.807, 2.05) is 0 Å². The van der Waals surface area contributed by atoms with Gasteiger partial charge in [0.2, 0.25) is 10.0 Å². The van der Waals surface area contributed by atoms with E-state index in [0.29, 0.717) is 24.1 Å². The molecule has 1 aliphatic rings. The van der Waals surface area contributed by atoms with E-state index in [4.69, 9.17) is 17.3 Å². The molecule has 2 rings (SSSR count). The summed E-state index contributed by atoms with van der Waals surface area (Å²) in [4.78, 5) is 0.149. The Kier molecular flexibility index (Phi) is 4.33. The first-order chi connectivity index (χ1) is 8.46. The lowest BCUT2D eigenvalue weighted by Crippen LogP contribution is -2.30. The topological polar surface area (TPSA) is 63.4 Å². The van der Waals surface area contributed by atoms with Gasteiger partial charge >= 0.3 is 0 Å². The van der Waals surface area contributed by atoms with Crippen molar-refractivity contribution in [3.05, 3.63) is 27.7 Å². The molecule has 100 valence electrons. The summed E-state index contributed by atoms with van der Waals surface area (Å²) in [5, 5.41) is 0.230. The summed E-state index contributed by atoms with van der Waals surface area (Å²) >= 11 is 9.29. The number of sulfonamides is 1. The maximum atomic E-state index is 12.4. The van der Waals surface area contributed by atoms with Crippen LogP contribution in [0.5, 0.6) is 0 Å². The van der Waals surface area contributed by atoms with Gasteiger partial charge in [-0.05, 0) is 46.9 Å². The zero-order valence-electron chi connectivity index (χ0n) is 9.64. The number of halogens is 2. The van der Waals surface area contributed by atoms with E-state index < -0.39 is 10.0 Å². The Hall–Kier alpha value is -0.140. The Morgan fingerprint density at radius 2 is 2.22 bits per heavy atom. The minimum absolute atomic E-state index is 0.149.